The molecule has 0 aromatic carbocycles. The van der Waals surface area contributed by atoms with E-state index in [1.807, 2.05) is 20.9 Å². The molecule has 1 aromatic heterocycles. The predicted molar refractivity (Wildman–Crippen MR) is 76.2 cm³/mol. The third-order valence-corrected chi connectivity index (χ3v) is 3.64. The first-order valence-electron chi connectivity index (χ1n) is 7.30. The lowest BCUT2D eigenvalue weighted by Gasteiger charge is -2.24. The van der Waals surface area contributed by atoms with E-state index in [0.717, 1.165) is 19.3 Å². The summed E-state index contributed by atoms with van der Waals surface area (Å²) in [5, 5.41) is 3.95. The first-order chi connectivity index (χ1) is 9.58. The summed E-state index contributed by atoms with van der Waals surface area (Å²) >= 11 is 0. The van der Waals surface area contributed by atoms with Crippen LogP contribution in [-0.4, -0.2) is 34.5 Å². The van der Waals surface area contributed by atoms with E-state index in [-0.39, 0.29) is 17.7 Å². The number of nitrogens with zero attached hydrogens (tertiary/aromatic N) is 3. The van der Waals surface area contributed by atoms with Crippen molar-refractivity contribution in [2.24, 2.45) is 5.92 Å². The van der Waals surface area contributed by atoms with Gasteiger partial charge in [0.2, 0.25) is 11.8 Å². The van der Waals surface area contributed by atoms with Crippen LogP contribution in [0.25, 0.3) is 0 Å². The number of allylic oxidation sites excluding steroid dienone is 2. The predicted octanol–water partition coefficient (Wildman–Crippen LogP) is 2.55. The van der Waals surface area contributed by atoms with E-state index >= 15 is 0 Å². The highest BCUT2D eigenvalue weighted by Gasteiger charge is 2.22. The molecule has 0 N–H and O–H groups in total. The highest BCUT2D eigenvalue weighted by atomic mass is 16.5. The molecule has 2 rings (SSSR count). The molecule has 0 bridgehead atoms. The molecule has 0 radical (unpaired) electrons. The summed E-state index contributed by atoms with van der Waals surface area (Å²) in [6.07, 6.45) is 7.72. The molecule has 0 saturated heterocycles. The van der Waals surface area contributed by atoms with Crippen LogP contribution in [0.15, 0.2) is 16.7 Å². The Labute approximate surface area is 120 Å². The van der Waals surface area contributed by atoms with E-state index in [4.69, 9.17) is 4.52 Å². The molecule has 1 heterocycles. The zero-order valence-electron chi connectivity index (χ0n) is 12.5. The van der Waals surface area contributed by atoms with Crippen molar-refractivity contribution >= 4 is 5.91 Å². The van der Waals surface area contributed by atoms with Gasteiger partial charge in [0.1, 0.15) is 0 Å². The van der Waals surface area contributed by atoms with E-state index < -0.39 is 0 Å². The number of carbonyl (C=O) groups is 1. The molecule has 0 unspecified atom stereocenters. The number of carbonyl (C=O) groups excluding carboxylic acids is 1. The molecule has 1 atom stereocenters. The molecule has 1 amide bonds. The zero-order valence-corrected chi connectivity index (χ0v) is 12.5. The highest BCUT2D eigenvalue weighted by molar-refractivity contribution is 5.78. The van der Waals surface area contributed by atoms with Crippen LogP contribution in [0.4, 0.5) is 0 Å². The fraction of sp³-hybridized carbons (Fsp3) is 0.667. The largest absolute Gasteiger partial charge is 0.345 e. The van der Waals surface area contributed by atoms with Gasteiger partial charge in [-0.15, -0.1) is 0 Å². The average molecular weight is 277 g/mol. The lowest BCUT2D eigenvalue weighted by molar-refractivity contribution is -0.134. The van der Waals surface area contributed by atoms with E-state index in [1.165, 1.54) is 0 Å². The molecule has 0 fully saturated rings. The quantitative estimate of drug-likeness (QED) is 0.776. The van der Waals surface area contributed by atoms with Crippen LogP contribution in [0.1, 0.15) is 50.7 Å². The molecule has 110 valence electrons. The van der Waals surface area contributed by atoms with Crippen LogP contribution in [-0.2, 0) is 11.2 Å². The van der Waals surface area contributed by atoms with Crippen molar-refractivity contribution in [2.45, 2.75) is 45.4 Å². The van der Waals surface area contributed by atoms with Crippen molar-refractivity contribution in [1.29, 1.82) is 0 Å². The lowest BCUT2D eigenvalue weighted by atomic mass is 9.93. The van der Waals surface area contributed by atoms with E-state index in [1.54, 1.807) is 4.90 Å². The lowest BCUT2D eigenvalue weighted by Crippen LogP contribution is -2.34. The number of rotatable bonds is 5. The second-order valence-electron chi connectivity index (χ2n) is 5.69. The van der Waals surface area contributed by atoms with Gasteiger partial charge in [-0.05, 0) is 19.3 Å². The number of likely N-dealkylation sites (N-methyl/N-ethyl adjacent to an activating group) is 1. The highest BCUT2D eigenvalue weighted by Crippen LogP contribution is 2.20. The third kappa shape index (κ3) is 3.68. The van der Waals surface area contributed by atoms with Gasteiger partial charge in [-0.25, -0.2) is 0 Å². The molecule has 5 nitrogen and oxygen atoms in total. The molecule has 1 aliphatic carbocycles. The summed E-state index contributed by atoms with van der Waals surface area (Å²) in [5.74, 6) is 1.94. The van der Waals surface area contributed by atoms with Crippen LogP contribution in [0.2, 0.25) is 0 Å². The van der Waals surface area contributed by atoms with Crippen molar-refractivity contribution in [3.05, 3.63) is 23.9 Å². The molecule has 0 spiro atoms. The Kier molecular flexibility index (Phi) is 4.93. The summed E-state index contributed by atoms with van der Waals surface area (Å²) < 4.78 is 5.16. The first kappa shape index (κ1) is 14.8. The fourth-order valence-electron chi connectivity index (χ4n) is 2.31. The summed E-state index contributed by atoms with van der Waals surface area (Å²) in [7, 11) is 1.85. The van der Waals surface area contributed by atoms with Crippen molar-refractivity contribution in [1.82, 2.24) is 15.0 Å². The third-order valence-electron chi connectivity index (χ3n) is 3.64. The summed E-state index contributed by atoms with van der Waals surface area (Å²) in [4.78, 5) is 18.4. The maximum atomic E-state index is 12.3. The Morgan fingerprint density at radius 2 is 2.30 bits per heavy atom. The van der Waals surface area contributed by atoms with Gasteiger partial charge in [-0.1, -0.05) is 31.2 Å². The van der Waals surface area contributed by atoms with Gasteiger partial charge >= 0.3 is 0 Å². The fourth-order valence-corrected chi connectivity index (χ4v) is 2.31. The van der Waals surface area contributed by atoms with Crippen LogP contribution in [0.3, 0.4) is 0 Å². The van der Waals surface area contributed by atoms with Gasteiger partial charge in [0, 0.05) is 31.8 Å². The number of hydrogen-bond acceptors (Lipinski definition) is 4. The standard InChI is InChI=1S/C15H23N3O2/c1-11(2)14-16-13(17-20-14)9-10-18(3)15(19)12-7-5-4-6-8-12/h4-5,11-12H,6-10H2,1-3H3/t12-/m0/s1. The Balaban J connectivity index is 1.83. The van der Waals surface area contributed by atoms with Gasteiger partial charge in [0.05, 0.1) is 0 Å². The van der Waals surface area contributed by atoms with Crippen LogP contribution in [0.5, 0.6) is 0 Å². The second-order valence-corrected chi connectivity index (χ2v) is 5.69. The molecular weight excluding hydrogens is 254 g/mol. The van der Waals surface area contributed by atoms with Crippen LogP contribution < -0.4 is 0 Å². The topological polar surface area (TPSA) is 59.2 Å². The van der Waals surface area contributed by atoms with Gasteiger partial charge in [-0.2, -0.15) is 4.98 Å². The van der Waals surface area contributed by atoms with E-state index in [2.05, 4.69) is 22.3 Å². The zero-order chi connectivity index (χ0) is 14.5. The van der Waals surface area contributed by atoms with Crippen LogP contribution in [0, 0.1) is 5.92 Å². The van der Waals surface area contributed by atoms with E-state index in [9.17, 15) is 4.79 Å². The Morgan fingerprint density at radius 3 is 2.90 bits per heavy atom. The molecule has 1 aromatic rings. The Hall–Kier alpha value is -1.65. The Morgan fingerprint density at radius 1 is 1.50 bits per heavy atom. The second kappa shape index (κ2) is 6.68. The molecule has 0 aliphatic heterocycles. The monoisotopic (exact) mass is 277 g/mol. The molecular formula is C15H23N3O2. The molecule has 20 heavy (non-hydrogen) atoms. The van der Waals surface area contributed by atoms with E-state index in [0.29, 0.717) is 24.7 Å². The number of amides is 1. The van der Waals surface area contributed by atoms with Crippen molar-refractivity contribution in [3.8, 4) is 0 Å². The molecule has 0 saturated carbocycles. The average Bonchev–Trinajstić information content (AvgIpc) is 2.94. The normalized spacial score (nSPS) is 18.5. The number of hydrogen-bond donors (Lipinski definition) is 0. The maximum Gasteiger partial charge on any atom is 0.229 e. The summed E-state index contributed by atoms with van der Waals surface area (Å²) in [6.45, 7) is 4.67. The van der Waals surface area contributed by atoms with Gasteiger partial charge in [-0.3, -0.25) is 4.79 Å². The van der Waals surface area contributed by atoms with Crippen LogP contribution >= 0.6 is 0 Å². The molecule has 5 heteroatoms. The summed E-state index contributed by atoms with van der Waals surface area (Å²) in [5.41, 5.74) is 0. The van der Waals surface area contributed by atoms with Crippen molar-refractivity contribution in [3.63, 3.8) is 0 Å². The number of aromatic nitrogens is 2. The minimum absolute atomic E-state index is 0.140. The minimum Gasteiger partial charge on any atom is -0.345 e. The van der Waals surface area contributed by atoms with Gasteiger partial charge < -0.3 is 9.42 Å². The van der Waals surface area contributed by atoms with Gasteiger partial charge in [0.25, 0.3) is 0 Å². The van der Waals surface area contributed by atoms with Crippen molar-refractivity contribution in [2.75, 3.05) is 13.6 Å². The SMILES string of the molecule is CC(C)c1nc(CCN(C)C(=O)[C@H]2CC=CCC2)no1. The first-order valence-corrected chi connectivity index (χ1v) is 7.30. The Bertz CT molecular complexity index is 479. The maximum absolute atomic E-state index is 12.3. The minimum atomic E-state index is 0.140. The van der Waals surface area contributed by atoms with Gasteiger partial charge in [0.15, 0.2) is 5.82 Å². The summed E-state index contributed by atoms with van der Waals surface area (Å²) in [6, 6.07) is 0. The van der Waals surface area contributed by atoms with Crippen molar-refractivity contribution < 1.29 is 9.32 Å². The smallest absolute Gasteiger partial charge is 0.229 e. The molecule has 1 aliphatic rings.